The number of fused-ring (bicyclic) bond motifs is 1. The molecule has 0 amide bonds. The first-order chi connectivity index (χ1) is 9.36. The average molecular weight is 259 g/mol. The van der Waals surface area contributed by atoms with Gasteiger partial charge in [0.25, 0.3) is 0 Å². The van der Waals surface area contributed by atoms with Gasteiger partial charge >= 0.3 is 0 Å². The van der Waals surface area contributed by atoms with Crippen molar-refractivity contribution in [3.63, 3.8) is 0 Å². The monoisotopic (exact) mass is 259 g/mol. The van der Waals surface area contributed by atoms with Crippen molar-refractivity contribution >= 4 is 17.3 Å². The summed E-state index contributed by atoms with van der Waals surface area (Å²) in [7, 11) is 1.83. The predicted octanol–water partition coefficient (Wildman–Crippen LogP) is 0.809. The lowest BCUT2D eigenvalue weighted by Crippen LogP contribution is -2.10. The van der Waals surface area contributed by atoms with Crippen LogP contribution in [0.3, 0.4) is 0 Å². The van der Waals surface area contributed by atoms with Crippen molar-refractivity contribution in [1.82, 2.24) is 24.5 Å². The van der Waals surface area contributed by atoms with Crippen molar-refractivity contribution in [2.75, 3.05) is 24.2 Å². The second-order valence-corrected chi connectivity index (χ2v) is 3.91. The van der Waals surface area contributed by atoms with Crippen molar-refractivity contribution in [2.24, 2.45) is 0 Å². The zero-order chi connectivity index (χ0) is 13.1. The normalized spacial score (nSPS) is 10.8. The van der Waals surface area contributed by atoms with Crippen molar-refractivity contribution in [3.8, 4) is 0 Å². The molecule has 0 saturated heterocycles. The van der Waals surface area contributed by atoms with E-state index in [0.29, 0.717) is 18.8 Å². The summed E-state index contributed by atoms with van der Waals surface area (Å²) in [5.74, 6) is 2.16. The molecule has 0 aliphatic carbocycles. The Bertz CT molecular complexity index is 661. The van der Waals surface area contributed by atoms with Crippen LogP contribution in [0.25, 0.3) is 5.65 Å². The first kappa shape index (κ1) is 11.5. The summed E-state index contributed by atoms with van der Waals surface area (Å²) in [5, 5.41) is 10.00. The van der Waals surface area contributed by atoms with E-state index in [1.807, 2.05) is 23.8 Å². The summed E-state index contributed by atoms with van der Waals surface area (Å²) < 4.78 is 6.59. The number of nitrogens with zero attached hydrogens (tertiary/aromatic N) is 5. The van der Waals surface area contributed by atoms with Gasteiger partial charge in [-0.1, -0.05) is 5.16 Å². The maximum absolute atomic E-state index is 4.68. The van der Waals surface area contributed by atoms with Crippen LogP contribution in [0, 0.1) is 0 Å². The molecule has 0 radical (unpaired) electrons. The molecule has 0 aromatic carbocycles. The molecule has 8 nitrogen and oxygen atoms in total. The van der Waals surface area contributed by atoms with Crippen LogP contribution >= 0.6 is 0 Å². The van der Waals surface area contributed by atoms with Gasteiger partial charge in [-0.05, 0) is 0 Å². The topological polar surface area (TPSA) is 93.2 Å². The highest BCUT2D eigenvalue weighted by atomic mass is 16.5. The van der Waals surface area contributed by atoms with Gasteiger partial charge in [0, 0.05) is 32.4 Å². The molecule has 0 atom stereocenters. The molecule has 19 heavy (non-hydrogen) atoms. The predicted molar refractivity (Wildman–Crippen MR) is 69.0 cm³/mol. The molecule has 98 valence electrons. The highest BCUT2D eigenvalue weighted by Gasteiger charge is 2.07. The number of hydrogen-bond donors (Lipinski definition) is 2. The Morgan fingerprint density at radius 3 is 3.11 bits per heavy atom. The highest BCUT2D eigenvalue weighted by molar-refractivity contribution is 5.65. The van der Waals surface area contributed by atoms with Crippen LogP contribution in [0.15, 0.2) is 29.5 Å². The molecule has 0 spiro atoms. The van der Waals surface area contributed by atoms with Crippen molar-refractivity contribution in [3.05, 3.63) is 30.8 Å². The van der Waals surface area contributed by atoms with Gasteiger partial charge in [0.1, 0.15) is 5.82 Å². The molecular formula is C11H13N7O. The molecule has 0 fully saturated rings. The van der Waals surface area contributed by atoms with Crippen LogP contribution in [-0.4, -0.2) is 38.1 Å². The van der Waals surface area contributed by atoms with Crippen LogP contribution in [0.4, 0.5) is 11.6 Å². The zero-order valence-corrected chi connectivity index (χ0v) is 10.4. The zero-order valence-electron chi connectivity index (χ0n) is 10.4. The van der Waals surface area contributed by atoms with Crippen molar-refractivity contribution in [2.45, 2.75) is 6.42 Å². The lowest BCUT2D eigenvalue weighted by molar-refractivity contribution is 0.410. The quantitative estimate of drug-likeness (QED) is 0.700. The number of hydrogen-bond acceptors (Lipinski definition) is 7. The lowest BCUT2D eigenvalue weighted by atomic mass is 10.4. The molecule has 2 N–H and O–H groups in total. The van der Waals surface area contributed by atoms with E-state index in [1.54, 1.807) is 6.20 Å². The second kappa shape index (κ2) is 4.92. The Hall–Kier alpha value is -2.64. The fourth-order valence-electron chi connectivity index (χ4n) is 1.77. The Morgan fingerprint density at radius 2 is 2.32 bits per heavy atom. The molecule has 3 heterocycles. The van der Waals surface area contributed by atoms with E-state index in [0.717, 1.165) is 17.3 Å². The van der Waals surface area contributed by atoms with Gasteiger partial charge in [-0.2, -0.15) is 4.98 Å². The Morgan fingerprint density at radius 1 is 1.37 bits per heavy atom. The molecule has 3 aromatic heterocycles. The maximum atomic E-state index is 4.68. The Balaban J connectivity index is 1.77. The number of aromatic nitrogens is 5. The van der Waals surface area contributed by atoms with Crippen LogP contribution in [0.5, 0.6) is 0 Å². The molecule has 8 heteroatoms. The first-order valence-electron chi connectivity index (χ1n) is 5.87. The van der Waals surface area contributed by atoms with E-state index in [-0.39, 0.29) is 0 Å². The largest absolute Gasteiger partial charge is 0.372 e. The van der Waals surface area contributed by atoms with E-state index in [4.69, 9.17) is 0 Å². The molecule has 0 bridgehead atoms. The van der Waals surface area contributed by atoms with E-state index in [1.165, 1.54) is 6.39 Å². The third kappa shape index (κ3) is 2.32. The van der Waals surface area contributed by atoms with Gasteiger partial charge in [-0.3, -0.25) is 0 Å². The minimum absolute atomic E-state index is 0.655. The second-order valence-electron chi connectivity index (χ2n) is 3.91. The molecule has 0 aliphatic rings. The minimum atomic E-state index is 0.655. The summed E-state index contributed by atoms with van der Waals surface area (Å²) in [6.07, 6.45) is 7.48. The van der Waals surface area contributed by atoms with Gasteiger partial charge in [0.15, 0.2) is 17.3 Å². The van der Waals surface area contributed by atoms with Gasteiger partial charge in [0.05, 0.1) is 6.20 Å². The fraction of sp³-hybridized carbons (Fsp3) is 0.273. The van der Waals surface area contributed by atoms with Gasteiger partial charge in [-0.25, -0.2) is 9.97 Å². The number of nitrogens with one attached hydrogen (secondary N) is 2. The third-order valence-electron chi connectivity index (χ3n) is 2.68. The SMILES string of the molecule is CNc1cn2ccnc2c(NCCc2ncon2)n1. The molecule has 0 aliphatic heterocycles. The van der Waals surface area contributed by atoms with Crippen LogP contribution in [0.2, 0.25) is 0 Å². The third-order valence-corrected chi connectivity index (χ3v) is 2.68. The van der Waals surface area contributed by atoms with Crippen molar-refractivity contribution in [1.29, 1.82) is 0 Å². The summed E-state index contributed by atoms with van der Waals surface area (Å²) in [6, 6.07) is 0. The van der Waals surface area contributed by atoms with Gasteiger partial charge in [0.2, 0.25) is 6.39 Å². The molecule has 0 unspecified atom stereocenters. The Kier molecular flexibility index (Phi) is 2.97. The van der Waals surface area contributed by atoms with Gasteiger partial charge in [-0.15, -0.1) is 0 Å². The molecule has 3 aromatic rings. The smallest absolute Gasteiger partial charge is 0.213 e. The highest BCUT2D eigenvalue weighted by Crippen LogP contribution is 2.15. The standard InChI is InChI=1S/C11H13N7O/c1-12-9-6-18-5-4-14-11(18)10(16-9)13-3-2-8-15-7-19-17-8/h4-7,12H,2-3H2,1H3,(H,13,16). The fourth-order valence-corrected chi connectivity index (χ4v) is 1.77. The maximum Gasteiger partial charge on any atom is 0.213 e. The summed E-state index contributed by atoms with van der Waals surface area (Å²) >= 11 is 0. The van der Waals surface area contributed by atoms with E-state index >= 15 is 0 Å². The Labute approximate surface area is 108 Å². The number of rotatable bonds is 5. The summed E-state index contributed by atoms with van der Waals surface area (Å²) in [4.78, 5) is 12.7. The summed E-state index contributed by atoms with van der Waals surface area (Å²) in [5.41, 5.74) is 0.784. The van der Waals surface area contributed by atoms with Crippen LogP contribution in [0.1, 0.15) is 5.82 Å². The molecule has 3 rings (SSSR count). The first-order valence-corrected chi connectivity index (χ1v) is 5.87. The van der Waals surface area contributed by atoms with Crippen LogP contribution < -0.4 is 10.6 Å². The average Bonchev–Trinajstić information content (AvgIpc) is 3.08. The van der Waals surface area contributed by atoms with E-state index in [9.17, 15) is 0 Å². The van der Waals surface area contributed by atoms with E-state index in [2.05, 4.69) is 35.3 Å². The van der Waals surface area contributed by atoms with E-state index < -0.39 is 0 Å². The van der Waals surface area contributed by atoms with Gasteiger partial charge < -0.3 is 19.6 Å². The van der Waals surface area contributed by atoms with Crippen molar-refractivity contribution < 1.29 is 4.52 Å². The number of imidazole rings is 1. The lowest BCUT2D eigenvalue weighted by Gasteiger charge is -2.08. The summed E-state index contributed by atoms with van der Waals surface area (Å²) in [6.45, 7) is 0.655. The minimum Gasteiger partial charge on any atom is -0.372 e. The number of anilines is 2. The molecular weight excluding hydrogens is 246 g/mol. The van der Waals surface area contributed by atoms with Crippen LogP contribution in [-0.2, 0) is 6.42 Å². The molecule has 0 saturated carbocycles.